The Kier molecular flexibility index (Phi) is 5.36. The van der Waals surface area contributed by atoms with Crippen molar-refractivity contribution in [3.05, 3.63) is 47.5 Å². The zero-order valence-corrected chi connectivity index (χ0v) is 15.3. The van der Waals surface area contributed by atoms with Crippen molar-refractivity contribution in [2.75, 3.05) is 13.1 Å². The number of nitrogens with one attached hydrogen (secondary N) is 1. The Labute approximate surface area is 149 Å². The lowest BCUT2D eigenvalue weighted by atomic mass is 9.91. The Bertz CT molecular complexity index is 704. The smallest absolute Gasteiger partial charge is 0.317 e. The molecule has 0 unspecified atom stereocenters. The Balaban J connectivity index is 1.49. The van der Waals surface area contributed by atoms with Gasteiger partial charge in [0.1, 0.15) is 0 Å². The SMILES string of the molecule is Cc1c([C@H](C)NC(=O)N2CCC(Cc3cccnc3)CC2)cnn1C. The van der Waals surface area contributed by atoms with Crippen LogP contribution in [0.3, 0.4) is 0 Å². The number of aromatic nitrogens is 3. The number of nitrogens with zero attached hydrogens (tertiary/aromatic N) is 4. The van der Waals surface area contributed by atoms with Crippen LogP contribution in [0.2, 0.25) is 0 Å². The molecular weight excluding hydrogens is 314 g/mol. The monoisotopic (exact) mass is 341 g/mol. The fraction of sp³-hybridized carbons (Fsp3) is 0.526. The number of carbonyl (C=O) groups excluding carboxylic acids is 1. The molecule has 0 aliphatic carbocycles. The minimum Gasteiger partial charge on any atom is -0.331 e. The first-order valence-electron chi connectivity index (χ1n) is 8.97. The topological polar surface area (TPSA) is 63.1 Å². The molecule has 1 N–H and O–H groups in total. The molecule has 1 aliphatic heterocycles. The third-order valence-corrected chi connectivity index (χ3v) is 5.23. The molecule has 1 atom stereocenters. The quantitative estimate of drug-likeness (QED) is 0.930. The molecule has 1 fully saturated rings. The highest BCUT2D eigenvalue weighted by molar-refractivity contribution is 5.74. The summed E-state index contributed by atoms with van der Waals surface area (Å²) in [4.78, 5) is 18.7. The number of likely N-dealkylation sites (tertiary alicyclic amines) is 1. The van der Waals surface area contributed by atoms with Crippen LogP contribution in [0.4, 0.5) is 4.79 Å². The normalized spacial score (nSPS) is 16.7. The Hall–Kier alpha value is -2.37. The number of pyridine rings is 1. The van der Waals surface area contributed by atoms with Crippen LogP contribution in [-0.2, 0) is 13.5 Å². The van der Waals surface area contributed by atoms with Gasteiger partial charge in [0, 0.05) is 43.8 Å². The van der Waals surface area contributed by atoms with Crippen LogP contribution in [0.15, 0.2) is 30.7 Å². The lowest BCUT2D eigenvalue weighted by molar-refractivity contribution is 0.167. The first kappa shape index (κ1) is 17.5. The summed E-state index contributed by atoms with van der Waals surface area (Å²) >= 11 is 0. The van der Waals surface area contributed by atoms with E-state index in [-0.39, 0.29) is 12.1 Å². The predicted molar refractivity (Wildman–Crippen MR) is 97.1 cm³/mol. The molecule has 134 valence electrons. The van der Waals surface area contributed by atoms with E-state index in [1.54, 1.807) is 0 Å². The average Bonchev–Trinajstić information content (AvgIpc) is 2.95. The van der Waals surface area contributed by atoms with E-state index in [2.05, 4.69) is 21.5 Å². The van der Waals surface area contributed by atoms with Crippen molar-refractivity contribution in [2.45, 2.75) is 39.2 Å². The molecule has 6 heteroatoms. The van der Waals surface area contributed by atoms with Crippen molar-refractivity contribution >= 4 is 6.03 Å². The van der Waals surface area contributed by atoms with E-state index in [0.717, 1.165) is 43.6 Å². The lowest BCUT2D eigenvalue weighted by Gasteiger charge is -2.33. The zero-order valence-electron chi connectivity index (χ0n) is 15.3. The molecule has 2 aromatic heterocycles. The van der Waals surface area contributed by atoms with Gasteiger partial charge in [-0.05, 0) is 50.7 Å². The second-order valence-electron chi connectivity index (χ2n) is 6.98. The number of urea groups is 1. The second-order valence-corrected chi connectivity index (χ2v) is 6.98. The van der Waals surface area contributed by atoms with E-state index in [9.17, 15) is 4.79 Å². The molecule has 1 aliphatic rings. The van der Waals surface area contributed by atoms with E-state index in [0.29, 0.717) is 5.92 Å². The number of hydrogen-bond donors (Lipinski definition) is 1. The van der Waals surface area contributed by atoms with Gasteiger partial charge in [-0.1, -0.05) is 6.07 Å². The zero-order chi connectivity index (χ0) is 17.8. The van der Waals surface area contributed by atoms with Crippen LogP contribution in [0.1, 0.15) is 42.6 Å². The number of hydrogen-bond acceptors (Lipinski definition) is 3. The Morgan fingerprint density at radius 1 is 1.36 bits per heavy atom. The number of carbonyl (C=O) groups is 1. The van der Waals surface area contributed by atoms with Crippen LogP contribution in [0.5, 0.6) is 0 Å². The summed E-state index contributed by atoms with van der Waals surface area (Å²) < 4.78 is 1.84. The van der Waals surface area contributed by atoms with Gasteiger partial charge >= 0.3 is 6.03 Å². The largest absolute Gasteiger partial charge is 0.331 e. The average molecular weight is 341 g/mol. The van der Waals surface area contributed by atoms with Gasteiger partial charge in [0.05, 0.1) is 12.2 Å². The number of rotatable bonds is 4. The summed E-state index contributed by atoms with van der Waals surface area (Å²) in [7, 11) is 1.92. The molecule has 0 spiro atoms. The van der Waals surface area contributed by atoms with Crippen LogP contribution in [-0.4, -0.2) is 38.8 Å². The van der Waals surface area contributed by atoms with Crippen molar-refractivity contribution in [3.8, 4) is 0 Å². The predicted octanol–water partition coefficient (Wildman–Crippen LogP) is 2.85. The van der Waals surface area contributed by atoms with Crippen molar-refractivity contribution < 1.29 is 4.79 Å². The van der Waals surface area contributed by atoms with Crippen molar-refractivity contribution in [1.82, 2.24) is 25.0 Å². The van der Waals surface area contributed by atoms with E-state index in [1.165, 1.54) is 5.56 Å². The minimum absolute atomic E-state index is 0.0237. The van der Waals surface area contributed by atoms with Gasteiger partial charge in [0.25, 0.3) is 0 Å². The summed E-state index contributed by atoms with van der Waals surface area (Å²) in [5, 5.41) is 7.36. The van der Waals surface area contributed by atoms with E-state index in [1.807, 2.05) is 55.1 Å². The first-order chi connectivity index (χ1) is 12.0. The van der Waals surface area contributed by atoms with Crippen LogP contribution in [0, 0.1) is 12.8 Å². The van der Waals surface area contributed by atoms with Crippen molar-refractivity contribution in [1.29, 1.82) is 0 Å². The molecule has 2 aromatic rings. The van der Waals surface area contributed by atoms with Crippen LogP contribution < -0.4 is 5.32 Å². The maximum Gasteiger partial charge on any atom is 0.317 e. The molecule has 0 radical (unpaired) electrons. The highest BCUT2D eigenvalue weighted by atomic mass is 16.2. The highest BCUT2D eigenvalue weighted by Crippen LogP contribution is 2.22. The van der Waals surface area contributed by atoms with Crippen molar-refractivity contribution in [3.63, 3.8) is 0 Å². The molecule has 3 rings (SSSR count). The van der Waals surface area contributed by atoms with E-state index in [4.69, 9.17) is 0 Å². The molecular formula is C19H27N5O. The number of aryl methyl sites for hydroxylation is 1. The van der Waals surface area contributed by atoms with E-state index >= 15 is 0 Å². The van der Waals surface area contributed by atoms with Gasteiger partial charge in [0.2, 0.25) is 0 Å². The lowest BCUT2D eigenvalue weighted by Crippen LogP contribution is -2.45. The second kappa shape index (κ2) is 7.68. The number of amides is 2. The van der Waals surface area contributed by atoms with Gasteiger partial charge < -0.3 is 10.2 Å². The van der Waals surface area contributed by atoms with Crippen LogP contribution >= 0.6 is 0 Å². The molecule has 3 heterocycles. The standard InChI is InChI=1S/C19H27N5O/c1-14(18-13-21-23(3)15(18)2)22-19(25)24-9-6-16(7-10-24)11-17-5-4-8-20-12-17/h4-5,8,12-14,16H,6-7,9-11H2,1-3H3,(H,22,25)/t14-/m0/s1. The maximum atomic E-state index is 12.5. The van der Waals surface area contributed by atoms with E-state index < -0.39 is 0 Å². The molecule has 0 saturated carbocycles. The fourth-order valence-electron chi connectivity index (χ4n) is 3.49. The van der Waals surface area contributed by atoms with Gasteiger partial charge in [-0.3, -0.25) is 9.67 Å². The molecule has 2 amide bonds. The molecule has 0 bridgehead atoms. The molecule has 1 saturated heterocycles. The maximum absolute atomic E-state index is 12.5. The molecule has 0 aromatic carbocycles. The summed E-state index contributed by atoms with van der Waals surface area (Å²) in [6.07, 6.45) is 8.72. The molecule has 25 heavy (non-hydrogen) atoms. The Morgan fingerprint density at radius 3 is 2.72 bits per heavy atom. The molecule has 6 nitrogen and oxygen atoms in total. The van der Waals surface area contributed by atoms with Crippen molar-refractivity contribution in [2.24, 2.45) is 13.0 Å². The van der Waals surface area contributed by atoms with Gasteiger partial charge in [-0.2, -0.15) is 5.10 Å². The highest BCUT2D eigenvalue weighted by Gasteiger charge is 2.24. The summed E-state index contributed by atoms with van der Waals surface area (Å²) in [5.41, 5.74) is 3.44. The summed E-state index contributed by atoms with van der Waals surface area (Å²) in [6, 6.07) is 4.11. The minimum atomic E-state index is -0.0330. The Morgan fingerprint density at radius 2 is 2.12 bits per heavy atom. The first-order valence-corrected chi connectivity index (χ1v) is 8.97. The summed E-state index contributed by atoms with van der Waals surface area (Å²) in [5.74, 6) is 0.631. The fourth-order valence-corrected chi connectivity index (χ4v) is 3.49. The van der Waals surface area contributed by atoms with Crippen LogP contribution in [0.25, 0.3) is 0 Å². The third-order valence-electron chi connectivity index (χ3n) is 5.23. The number of piperidine rings is 1. The van der Waals surface area contributed by atoms with Gasteiger partial charge in [-0.25, -0.2) is 4.79 Å². The van der Waals surface area contributed by atoms with Gasteiger partial charge in [-0.15, -0.1) is 0 Å². The third kappa shape index (κ3) is 4.18. The van der Waals surface area contributed by atoms with Gasteiger partial charge in [0.15, 0.2) is 0 Å². The summed E-state index contributed by atoms with van der Waals surface area (Å²) in [6.45, 7) is 5.66.